The van der Waals surface area contributed by atoms with Gasteiger partial charge in [-0.3, -0.25) is 4.98 Å². The van der Waals surface area contributed by atoms with Gasteiger partial charge in [0.2, 0.25) is 0 Å². The number of nitrogens with zero attached hydrogens (tertiary/aromatic N) is 2. The fourth-order valence-electron chi connectivity index (χ4n) is 2.54. The van der Waals surface area contributed by atoms with Crippen molar-refractivity contribution >= 4 is 6.09 Å². The topological polar surface area (TPSA) is 51.7 Å². The molecule has 0 bridgehead atoms. The van der Waals surface area contributed by atoms with E-state index in [4.69, 9.17) is 9.47 Å². The van der Waals surface area contributed by atoms with Gasteiger partial charge in [-0.1, -0.05) is 0 Å². The second-order valence-electron chi connectivity index (χ2n) is 7.09. The van der Waals surface area contributed by atoms with Gasteiger partial charge in [-0.25, -0.2) is 4.79 Å². The molecule has 0 aromatic carbocycles. The molecule has 0 N–H and O–H groups in total. The Kier molecular flexibility index (Phi) is 5.80. The maximum Gasteiger partial charge on any atom is 0.421 e. The third kappa shape index (κ3) is 5.79. The van der Waals surface area contributed by atoms with Gasteiger partial charge in [0.25, 0.3) is 0 Å². The lowest BCUT2D eigenvalue weighted by molar-refractivity contribution is -0.139. The van der Waals surface area contributed by atoms with Crippen molar-refractivity contribution in [3.05, 3.63) is 24.0 Å². The van der Waals surface area contributed by atoms with Crippen molar-refractivity contribution in [2.75, 3.05) is 19.7 Å². The smallest absolute Gasteiger partial charge is 0.421 e. The molecule has 2 rings (SSSR count). The number of alkyl halides is 3. The number of hydrogen-bond donors (Lipinski definition) is 0. The number of amides is 1. The second kappa shape index (κ2) is 7.49. The molecule has 8 heteroatoms. The maximum absolute atomic E-state index is 12.9. The van der Waals surface area contributed by atoms with Gasteiger partial charge in [0, 0.05) is 25.5 Å². The normalized spacial score (nSPS) is 16.6. The van der Waals surface area contributed by atoms with E-state index in [1.165, 1.54) is 12.3 Å². The molecule has 5 nitrogen and oxygen atoms in total. The van der Waals surface area contributed by atoms with E-state index >= 15 is 0 Å². The highest BCUT2D eigenvalue weighted by molar-refractivity contribution is 5.68. The molecule has 140 valence electrons. The highest BCUT2D eigenvalue weighted by Gasteiger charge is 2.35. The van der Waals surface area contributed by atoms with E-state index in [1.807, 2.05) is 0 Å². The van der Waals surface area contributed by atoms with Gasteiger partial charge in [0.05, 0.1) is 6.61 Å². The van der Waals surface area contributed by atoms with E-state index < -0.39 is 17.3 Å². The molecule has 1 aliphatic rings. The number of aromatic nitrogens is 1. The minimum absolute atomic E-state index is 0.0907. The van der Waals surface area contributed by atoms with Crippen molar-refractivity contribution < 1.29 is 27.4 Å². The summed E-state index contributed by atoms with van der Waals surface area (Å²) in [6.07, 6.45) is -1.50. The third-order valence-electron chi connectivity index (χ3n) is 3.83. The van der Waals surface area contributed by atoms with Crippen molar-refractivity contribution in [2.45, 2.75) is 45.4 Å². The lowest BCUT2D eigenvalue weighted by atomic mass is 9.98. The van der Waals surface area contributed by atoms with Crippen LogP contribution in [0.4, 0.5) is 18.0 Å². The van der Waals surface area contributed by atoms with Gasteiger partial charge in [-0.2, -0.15) is 13.2 Å². The lowest BCUT2D eigenvalue weighted by Crippen LogP contribution is -2.42. The fraction of sp³-hybridized carbons (Fsp3) is 0.647. The van der Waals surface area contributed by atoms with Crippen LogP contribution in [0.5, 0.6) is 5.75 Å². The van der Waals surface area contributed by atoms with Crippen LogP contribution in [0.15, 0.2) is 18.5 Å². The van der Waals surface area contributed by atoms with Crippen LogP contribution in [0.25, 0.3) is 0 Å². The quantitative estimate of drug-likeness (QED) is 0.813. The monoisotopic (exact) mass is 360 g/mol. The van der Waals surface area contributed by atoms with Gasteiger partial charge in [0.1, 0.15) is 16.9 Å². The van der Waals surface area contributed by atoms with Crippen LogP contribution in [0.1, 0.15) is 39.2 Å². The number of carbonyl (C=O) groups is 1. The van der Waals surface area contributed by atoms with Crippen molar-refractivity contribution in [3.8, 4) is 5.75 Å². The largest absolute Gasteiger partial charge is 0.493 e. The molecule has 1 aromatic heterocycles. The number of carbonyl (C=O) groups excluding carboxylic acids is 1. The Balaban J connectivity index is 1.85. The highest BCUT2D eigenvalue weighted by Crippen LogP contribution is 2.35. The number of hydrogen-bond acceptors (Lipinski definition) is 4. The zero-order chi connectivity index (χ0) is 18.7. The number of pyridine rings is 1. The highest BCUT2D eigenvalue weighted by atomic mass is 19.4. The lowest BCUT2D eigenvalue weighted by Gasteiger charge is -2.33. The van der Waals surface area contributed by atoms with Gasteiger partial charge in [-0.05, 0) is 45.6 Å². The van der Waals surface area contributed by atoms with E-state index in [9.17, 15) is 18.0 Å². The first kappa shape index (κ1) is 19.3. The molecule has 0 aliphatic carbocycles. The van der Waals surface area contributed by atoms with Crippen LogP contribution in [0.2, 0.25) is 0 Å². The summed E-state index contributed by atoms with van der Waals surface area (Å²) in [4.78, 5) is 17.1. The molecular weight excluding hydrogens is 337 g/mol. The molecule has 1 saturated heterocycles. The van der Waals surface area contributed by atoms with Crippen LogP contribution >= 0.6 is 0 Å². The summed E-state index contributed by atoms with van der Waals surface area (Å²) in [5.74, 6) is -0.120. The molecule has 0 spiro atoms. The zero-order valence-electron chi connectivity index (χ0n) is 14.6. The summed E-state index contributed by atoms with van der Waals surface area (Å²) in [6, 6.07) is 1.22. The van der Waals surface area contributed by atoms with Crippen molar-refractivity contribution in [1.29, 1.82) is 0 Å². The Bertz CT molecular complexity index is 592. The molecule has 0 radical (unpaired) electrons. The van der Waals surface area contributed by atoms with Crippen molar-refractivity contribution in [1.82, 2.24) is 9.88 Å². The van der Waals surface area contributed by atoms with Gasteiger partial charge in [-0.15, -0.1) is 0 Å². The van der Waals surface area contributed by atoms with Crippen molar-refractivity contribution in [3.63, 3.8) is 0 Å². The molecule has 1 aliphatic heterocycles. The van der Waals surface area contributed by atoms with Crippen LogP contribution < -0.4 is 4.74 Å². The molecule has 0 saturated carbocycles. The first-order valence-corrected chi connectivity index (χ1v) is 8.18. The standard InChI is InChI=1S/C17H23F3N2O3/c1-16(2,3)25-15(23)22-8-5-12(6-9-22)11-24-14-4-7-21-10-13(14)17(18,19)20/h4,7,10,12H,5-6,8-9,11H2,1-3H3. The molecule has 25 heavy (non-hydrogen) atoms. The minimum atomic E-state index is -4.50. The van der Waals surface area contributed by atoms with E-state index in [0.717, 1.165) is 6.20 Å². The molecule has 1 fully saturated rings. The number of rotatable bonds is 3. The summed E-state index contributed by atoms with van der Waals surface area (Å²) >= 11 is 0. The first-order chi connectivity index (χ1) is 11.6. The fourth-order valence-corrected chi connectivity index (χ4v) is 2.54. The molecule has 0 unspecified atom stereocenters. The van der Waals surface area contributed by atoms with Gasteiger partial charge >= 0.3 is 12.3 Å². The average molecular weight is 360 g/mol. The van der Waals surface area contributed by atoms with Crippen LogP contribution in [0.3, 0.4) is 0 Å². The molecule has 2 heterocycles. The maximum atomic E-state index is 12.9. The number of halogens is 3. The molecule has 1 aromatic rings. The number of ether oxygens (including phenoxy) is 2. The van der Waals surface area contributed by atoms with Crippen LogP contribution in [-0.2, 0) is 10.9 Å². The van der Waals surface area contributed by atoms with Gasteiger partial charge in [0.15, 0.2) is 0 Å². The van der Waals surface area contributed by atoms with Crippen molar-refractivity contribution in [2.24, 2.45) is 5.92 Å². The summed E-state index contributed by atoms with van der Waals surface area (Å²) < 4.78 is 49.4. The Morgan fingerprint density at radius 3 is 2.48 bits per heavy atom. The average Bonchev–Trinajstić information content (AvgIpc) is 2.51. The summed E-state index contributed by atoms with van der Waals surface area (Å²) in [5, 5.41) is 0. The Morgan fingerprint density at radius 1 is 1.28 bits per heavy atom. The van der Waals surface area contributed by atoms with E-state index in [-0.39, 0.29) is 24.4 Å². The minimum Gasteiger partial charge on any atom is -0.493 e. The Hall–Kier alpha value is -1.99. The third-order valence-corrected chi connectivity index (χ3v) is 3.83. The number of piperidine rings is 1. The predicted molar refractivity (Wildman–Crippen MR) is 85.3 cm³/mol. The molecule has 0 atom stereocenters. The summed E-state index contributed by atoms with van der Waals surface area (Å²) in [6.45, 7) is 6.60. The summed E-state index contributed by atoms with van der Waals surface area (Å²) in [7, 11) is 0. The van der Waals surface area contributed by atoms with E-state index in [2.05, 4.69) is 4.98 Å². The first-order valence-electron chi connectivity index (χ1n) is 8.18. The zero-order valence-corrected chi connectivity index (χ0v) is 14.6. The predicted octanol–water partition coefficient (Wildman–Crippen LogP) is 4.13. The molecular formula is C17H23F3N2O3. The summed E-state index contributed by atoms with van der Waals surface area (Å²) in [5.41, 5.74) is -1.42. The SMILES string of the molecule is CC(C)(C)OC(=O)N1CCC(COc2ccncc2C(F)(F)F)CC1. The Labute approximate surface area is 145 Å². The molecule has 1 amide bonds. The van der Waals surface area contributed by atoms with E-state index in [0.29, 0.717) is 25.9 Å². The Morgan fingerprint density at radius 2 is 1.92 bits per heavy atom. The van der Waals surface area contributed by atoms with Gasteiger partial charge < -0.3 is 14.4 Å². The number of likely N-dealkylation sites (tertiary alicyclic amines) is 1. The van der Waals surface area contributed by atoms with E-state index in [1.54, 1.807) is 25.7 Å². The van der Waals surface area contributed by atoms with Crippen LogP contribution in [-0.4, -0.2) is 41.3 Å². The second-order valence-corrected chi connectivity index (χ2v) is 7.09. The van der Waals surface area contributed by atoms with Crippen LogP contribution in [0, 0.1) is 5.92 Å².